The molecule has 0 aromatic heterocycles. The Balaban J connectivity index is 2.43. The van der Waals surface area contributed by atoms with Crippen LogP contribution in [0.2, 0.25) is 0 Å². The molecule has 2 heteroatoms. The molecule has 17 heavy (non-hydrogen) atoms. The van der Waals surface area contributed by atoms with Gasteiger partial charge in [-0.15, -0.1) is 0 Å². The summed E-state index contributed by atoms with van der Waals surface area (Å²) < 4.78 is 0. The van der Waals surface area contributed by atoms with Gasteiger partial charge in [0.2, 0.25) is 0 Å². The third-order valence-electron chi connectivity index (χ3n) is 3.83. The predicted octanol–water partition coefficient (Wildman–Crippen LogP) is 3.13. The first-order valence-corrected chi connectivity index (χ1v) is 7.50. The molecule has 0 amide bonds. The zero-order valence-electron chi connectivity index (χ0n) is 12.5. The lowest BCUT2D eigenvalue weighted by molar-refractivity contribution is 0.113. The average Bonchev–Trinajstić information content (AvgIpc) is 2.25. The molecule has 2 atom stereocenters. The van der Waals surface area contributed by atoms with Gasteiger partial charge in [-0.05, 0) is 37.6 Å². The van der Waals surface area contributed by atoms with Crippen LogP contribution in [0.1, 0.15) is 53.9 Å². The van der Waals surface area contributed by atoms with Crippen LogP contribution in [0.5, 0.6) is 0 Å². The lowest BCUT2D eigenvalue weighted by Crippen LogP contribution is -2.56. The molecule has 0 bridgehead atoms. The van der Waals surface area contributed by atoms with E-state index in [1.165, 1.54) is 38.9 Å². The Morgan fingerprint density at radius 1 is 1.18 bits per heavy atom. The third kappa shape index (κ3) is 5.39. The summed E-state index contributed by atoms with van der Waals surface area (Å²) in [6.07, 6.45) is 3.93. The highest BCUT2D eigenvalue weighted by Gasteiger charge is 2.26. The molecule has 1 heterocycles. The number of nitrogens with one attached hydrogen (secondary N) is 1. The van der Waals surface area contributed by atoms with Crippen molar-refractivity contribution in [3.8, 4) is 0 Å². The lowest BCUT2D eigenvalue weighted by atomic mass is 9.98. The minimum Gasteiger partial charge on any atom is -0.311 e. The molecule has 1 saturated heterocycles. The number of piperazine rings is 1. The first kappa shape index (κ1) is 15.0. The van der Waals surface area contributed by atoms with E-state index in [1.807, 2.05) is 0 Å². The van der Waals surface area contributed by atoms with Gasteiger partial charge < -0.3 is 5.32 Å². The highest BCUT2D eigenvalue weighted by atomic mass is 15.2. The van der Waals surface area contributed by atoms with Gasteiger partial charge in [0.1, 0.15) is 0 Å². The largest absolute Gasteiger partial charge is 0.311 e. The molecule has 1 aliphatic heterocycles. The Kier molecular flexibility index (Phi) is 6.50. The Bertz CT molecular complexity index is 201. The van der Waals surface area contributed by atoms with Crippen LogP contribution in [0.3, 0.4) is 0 Å². The van der Waals surface area contributed by atoms with Gasteiger partial charge in [0.25, 0.3) is 0 Å². The second kappa shape index (κ2) is 7.38. The van der Waals surface area contributed by atoms with E-state index in [0.29, 0.717) is 6.04 Å². The first-order chi connectivity index (χ1) is 8.02. The van der Waals surface area contributed by atoms with Crippen molar-refractivity contribution in [2.45, 2.75) is 66.0 Å². The minimum absolute atomic E-state index is 0.713. The molecule has 1 N–H and O–H groups in total. The van der Waals surface area contributed by atoms with Crippen LogP contribution in [-0.4, -0.2) is 36.6 Å². The van der Waals surface area contributed by atoms with Gasteiger partial charge in [0.15, 0.2) is 0 Å². The molecule has 0 aromatic carbocycles. The normalized spacial score (nSPS) is 27.0. The number of nitrogens with zero attached hydrogens (tertiary/aromatic N) is 1. The van der Waals surface area contributed by atoms with E-state index in [4.69, 9.17) is 0 Å². The van der Waals surface area contributed by atoms with E-state index in [0.717, 1.165) is 17.9 Å². The van der Waals surface area contributed by atoms with Gasteiger partial charge in [0.05, 0.1) is 0 Å². The van der Waals surface area contributed by atoms with E-state index in [2.05, 4.69) is 44.8 Å². The summed E-state index contributed by atoms with van der Waals surface area (Å²) in [7, 11) is 0. The van der Waals surface area contributed by atoms with Crippen molar-refractivity contribution in [2.75, 3.05) is 19.6 Å². The topological polar surface area (TPSA) is 15.3 Å². The summed E-state index contributed by atoms with van der Waals surface area (Å²) >= 11 is 0. The fraction of sp³-hybridized carbons (Fsp3) is 1.00. The molecule has 2 nitrogen and oxygen atoms in total. The summed E-state index contributed by atoms with van der Waals surface area (Å²) in [6.45, 7) is 15.3. The van der Waals surface area contributed by atoms with E-state index >= 15 is 0 Å². The molecule has 1 rings (SSSR count). The second-order valence-corrected chi connectivity index (χ2v) is 6.47. The van der Waals surface area contributed by atoms with E-state index in [9.17, 15) is 0 Å². The van der Waals surface area contributed by atoms with Gasteiger partial charge >= 0.3 is 0 Å². The van der Waals surface area contributed by atoms with E-state index < -0.39 is 0 Å². The minimum atomic E-state index is 0.713. The SMILES string of the molecule is CCC1CNC(CC(C)C)CN1CCC(C)C. The highest BCUT2D eigenvalue weighted by molar-refractivity contribution is 4.86. The van der Waals surface area contributed by atoms with Crippen molar-refractivity contribution in [1.82, 2.24) is 10.2 Å². The molecule has 0 saturated carbocycles. The smallest absolute Gasteiger partial charge is 0.0218 e. The number of hydrogen-bond acceptors (Lipinski definition) is 2. The summed E-state index contributed by atoms with van der Waals surface area (Å²) in [6, 6.07) is 1.47. The quantitative estimate of drug-likeness (QED) is 0.767. The Morgan fingerprint density at radius 2 is 1.88 bits per heavy atom. The van der Waals surface area contributed by atoms with Crippen LogP contribution >= 0.6 is 0 Å². The van der Waals surface area contributed by atoms with E-state index in [1.54, 1.807) is 0 Å². The van der Waals surface area contributed by atoms with Crippen molar-refractivity contribution >= 4 is 0 Å². The van der Waals surface area contributed by atoms with Gasteiger partial charge in [-0.3, -0.25) is 4.90 Å². The van der Waals surface area contributed by atoms with Crippen molar-refractivity contribution < 1.29 is 0 Å². The Hall–Kier alpha value is -0.0800. The second-order valence-electron chi connectivity index (χ2n) is 6.47. The van der Waals surface area contributed by atoms with Gasteiger partial charge in [-0.25, -0.2) is 0 Å². The van der Waals surface area contributed by atoms with Crippen molar-refractivity contribution in [3.05, 3.63) is 0 Å². The molecular formula is C15H32N2. The number of hydrogen-bond donors (Lipinski definition) is 1. The van der Waals surface area contributed by atoms with Crippen LogP contribution in [0.25, 0.3) is 0 Å². The zero-order chi connectivity index (χ0) is 12.8. The summed E-state index contributed by atoms with van der Waals surface area (Å²) in [5.41, 5.74) is 0. The Morgan fingerprint density at radius 3 is 2.41 bits per heavy atom. The summed E-state index contributed by atoms with van der Waals surface area (Å²) in [4.78, 5) is 2.73. The molecule has 0 aliphatic carbocycles. The molecule has 1 fully saturated rings. The maximum absolute atomic E-state index is 3.73. The maximum atomic E-state index is 3.73. The molecule has 0 radical (unpaired) electrons. The summed E-state index contributed by atoms with van der Waals surface area (Å²) in [5.74, 6) is 1.63. The van der Waals surface area contributed by atoms with Crippen molar-refractivity contribution in [2.24, 2.45) is 11.8 Å². The van der Waals surface area contributed by atoms with Crippen molar-refractivity contribution in [3.63, 3.8) is 0 Å². The molecule has 0 spiro atoms. The molecule has 102 valence electrons. The van der Waals surface area contributed by atoms with E-state index in [-0.39, 0.29) is 0 Å². The number of rotatable bonds is 6. The van der Waals surface area contributed by atoms with Crippen molar-refractivity contribution in [1.29, 1.82) is 0 Å². The fourth-order valence-corrected chi connectivity index (χ4v) is 2.76. The monoisotopic (exact) mass is 240 g/mol. The van der Waals surface area contributed by atoms with Crippen LogP contribution in [0.15, 0.2) is 0 Å². The average molecular weight is 240 g/mol. The van der Waals surface area contributed by atoms with Gasteiger partial charge in [-0.1, -0.05) is 34.6 Å². The lowest BCUT2D eigenvalue weighted by Gasteiger charge is -2.41. The van der Waals surface area contributed by atoms with Crippen LogP contribution < -0.4 is 5.32 Å². The standard InChI is InChI=1S/C15H32N2/c1-6-15-10-16-14(9-13(4)5)11-17(15)8-7-12(2)3/h12-16H,6-11H2,1-5H3. The van der Waals surface area contributed by atoms with Crippen LogP contribution in [-0.2, 0) is 0 Å². The summed E-state index contributed by atoms with van der Waals surface area (Å²) in [5, 5.41) is 3.73. The Labute approximate surface area is 108 Å². The predicted molar refractivity (Wildman–Crippen MR) is 76.4 cm³/mol. The fourth-order valence-electron chi connectivity index (χ4n) is 2.76. The first-order valence-electron chi connectivity index (χ1n) is 7.50. The molecule has 2 unspecified atom stereocenters. The van der Waals surface area contributed by atoms with Gasteiger partial charge in [0, 0.05) is 25.2 Å². The molecule has 1 aliphatic rings. The third-order valence-corrected chi connectivity index (χ3v) is 3.83. The molecular weight excluding hydrogens is 208 g/mol. The maximum Gasteiger partial charge on any atom is 0.0218 e. The van der Waals surface area contributed by atoms with Crippen LogP contribution in [0, 0.1) is 11.8 Å². The zero-order valence-corrected chi connectivity index (χ0v) is 12.5. The molecule has 0 aromatic rings. The highest BCUT2D eigenvalue weighted by Crippen LogP contribution is 2.16. The van der Waals surface area contributed by atoms with Crippen LogP contribution in [0.4, 0.5) is 0 Å². The van der Waals surface area contributed by atoms with Gasteiger partial charge in [-0.2, -0.15) is 0 Å².